The lowest BCUT2D eigenvalue weighted by Crippen LogP contribution is -2.27. The average Bonchev–Trinajstić information content (AvgIpc) is 2.80. The van der Waals surface area contributed by atoms with Crippen molar-refractivity contribution >= 4 is 0 Å². The Bertz CT molecular complexity index is 411. The van der Waals surface area contributed by atoms with Gasteiger partial charge in [0.2, 0.25) is 0 Å². The molecule has 2 saturated carbocycles. The molecule has 19 heavy (non-hydrogen) atoms. The van der Waals surface area contributed by atoms with Gasteiger partial charge in [0.15, 0.2) is 0 Å². The van der Waals surface area contributed by atoms with Gasteiger partial charge >= 0.3 is 0 Å². The van der Waals surface area contributed by atoms with E-state index in [0.29, 0.717) is 12.1 Å². The molecule has 0 spiro atoms. The van der Waals surface area contributed by atoms with Crippen LogP contribution in [0.2, 0.25) is 0 Å². The Morgan fingerprint density at radius 1 is 1.32 bits per heavy atom. The van der Waals surface area contributed by atoms with Crippen molar-refractivity contribution in [3.8, 4) is 0 Å². The van der Waals surface area contributed by atoms with Crippen molar-refractivity contribution in [2.75, 3.05) is 0 Å². The van der Waals surface area contributed by atoms with Crippen molar-refractivity contribution < 1.29 is 0 Å². The lowest BCUT2D eigenvalue weighted by molar-refractivity contribution is 0.420. The minimum absolute atomic E-state index is 0.334. The van der Waals surface area contributed by atoms with Crippen molar-refractivity contribution in [1.82, 2.24) is 9.78 Å². The van der Waals surface area contributed by atoms with Gasteiger partial charge in [0.1, 0.15) is 0 Å². The van der Waals surface area contributed by atoms with Gasteiger partial charge in [-0.25, -0.2) is 0 Å². The molecule has 3 unspecified atom stereocenters. The third-order valence-corrected chi connectivity index (χ3v) is 5.39. The Labute approximate surface area is 116 Å². The Morgan fingerprint density at radius 3 is 2.63 bits per heavy atom. The zero-order valence-corrected chi connectivity index (χ0v) is 12.3. The molecule has 106 valence electrons. The van der Waals surface area contributed by atoms with Crippen molar-refractivity contribution in [2.24, 2.45) is 23.5 Å². The van der Waals surface area contributed by atoms with Crippen LogP contribution < -0.4 is 5.73 Å². The second-order valence-corrected chi connectivity index (χ2v) is 6.46. The highest BCUT2D eigenvalue weighted by molar-refractivity contribution is 5.10. The second kappa shape index (κ2) is 5.28. The summed E-state index contributed by atoms with van der Waals surface area (Å²) in [5.41, 5.74) is 7.59. The fourth-order valence-electron chi connectivity index (χ4n) is 4.24. The van der Waals surface area contributed by atoms with E-state index in [0.717, 1.165) is 37.0 Å². The fourth-order valence-corrected chi connectivity index (χ4v) is 4.24. The molecular weight excluding hydrogens is 234 g/mol. The average molecular weight is 261 g/mol. The van der Waals surface area contributed by atoms with Crippen molar-refractivity contribution in [2.45, 2.75) is 64.5 Å². The summed E-state index contributed by atoms with van der Waals surface area (Å²) in [6.07, 6.45) is 9.67. The summed E-state index contributed by atoms with van der Waals surface area (Å²) in [6.45, 7) is 4.46. The Hall–Kier alpha value is -0.830. The third kappa shape index (κ3) is 2.45. The standard InChI is InChI=1S/C16H27N3/c1-3-12(4-2)19-9-8-11(18-19)10-15(17)16-13-6-5-7-14(13)16/h8-9,12-16H,3-7,10,17H2,1-2H3. The summed E-state index contributed by atoms with van der Waals surface area (Å²) in [5.74, 6) is 2.71. The van der Waals surface area contributed by atoms with E-state index in [-0.39, 0.29) is 0 Å². The highest BCUT2D eigenvalue weighted by Gasteiger charge is 2.54. The number of fused-ring (bicyclic) bond motifs is 1. The molecule has 3 heteroatoms. The molecule has 3 nitrogen and oxygen atoms in total. The van der Waals surface area contributed by atoms with Gasteiger partial charge in [-0.2, -0.15) is 5.10 Å². The first-order valence-corrected chi connectivity index (χ1v) is 8.04. The fraction of sp³-hybridized carbons (Fsp3) is 0.812. The van der Waals surface area contributed by atoms with Crippen molar-refractivity contribution in [1.29, 1.82) is 0 Å². The molecule has 0 bridgehead atoms. The summed E-state index contributed by atoms with van der Waals surface area (Å²) in [7, 11) is 0. The number of hydrogen-bond donors (Lipinski definition) is 1. The third-order valence-electron chi connectivity index (χ3n) is 5.39. The Kier molecular flexibility index (Phi) is 3.66. The maximum Gasteiger partial charge on any atom is 0.0640 e. The van der Waals surface area contributed by atoms with E-state index in [9.17, 15) is 0 Å². The molecule has 3 atom stereocenters. The molecule has 3 rings (SSSR count). The van der Waals surface area contributed by atoms with Gasteiger partial charge < -0.3 is 5.73 Å². The maximum atomic E-state index is 6.40. The van der Waals surface area contributed by atoms with Crippen LogP contribution in [-0.4, -0.2) is 15.8 Å². The van der Waals surface area contributed by atoms with Crippen LogP contribution >= 0.6 is 0 Å². The second-order valence-electron chi connectivity index (χ2n) is 6.46. The van der Waals surface area contributed by atoms with E-state index in [1.807, 2.05) is 0 Å². The maximum absolute atomic E-state index is 6.40. The van der Waals surface area contributed by atoms with Crippen LogP contribution in [0.5, 0.6) is 0 Å². The summed E-state index contributed by atoms with van der Waals surface area (Å²) in [6, 6.07) is 3.04. The van der Waals surface area contributed by atoms with Gasteiger partial charge in [0, 0.05) is 18.7 Å². The number of nitrogens with zero attached hydrogens (tertiary/aromatic N) is 2. The van der Waals surface area contributed by atoms with E-state index in [1.54, 1.807) is 0 Å². The molecule has 2 fully saturated rings. The SMILES string of the molecule is CCC(CC)n1ccc(CC(N)C2C3CCCC32)n1. The quantitative estimate of drug-likeness (QED) is 0.855. The predicted molar refractivity (Wildman–Crippen MR) is 77.8 cm³/mol. The zero-order chi connectivity index (χ0) is 13.4. The van der Waals surface area contributed by atoms with Crippen LogP contribution in [0, 0.1) is 17.8 Å². The van der Waals surface area contributed by atoms with E-state index in [2.05, 4.69) is 30.8 Å². The molecule has 0 aliphatic heterocycles. The monoisotopic (exact) mass is 261 g/mol. The molecule has 0 radical (unpaired) electrons. The molecule has 0 aromatic carbocycles. The first-order valence-electron chi connectivity index (χ1n) is 8.04. The lowest BCUT2D eigenvalue weighted by atomic mass is 10.0. The summed E-state index contributed by atoms with van der Waals surface area (Å²) < 4.78 is 2.13. The molecule has 1 aromatic heterocycles. The van der Waals surface area contributed by atoms with Crippen LogP contribution in [0.15, 0.2) is 12.3 Å². The minimum atomic E-state index is 0.334. The summed E-state index contributed by atoms with van der Waals surface area (Å²) in [4.78, 5) is 0. The van der Waals surface area contributed by atoms with Crippen molar-refractivity contribution in [3.05, 3.63) is 18.0 Å². The molecule has 2 aliphatic rings. The first-order chi connectivity index (χ1) is 9.24. The largest absolute Gasteiger partial charge is 0.327 e. The molecular formula is C16H27N3. The molecule has 0 saturated heterocycles. The Balaban J connectivity index is 1.58. The van der Waals surface area contributed by atoms with Crippen LogP contribution in [0.25, 0.3) is 0 Å². The van der Waals surface area contributed by atoms with Crippen LogP contribution in [0.1, 0.15) is 57.7 Å². The molecule has 2 N–H and O–H groups in total. The van der Waals surface area contributed by atoms with E-state index < -0.39 is 0 Å². The number of rotatable bonds is 6. The van der Waals surface area contributed by atoms with Crippen molar-refractivity contribution in [3.63, 3.8) is 0 Å². The van der Waals surface area contributed by atoms with Gasteiger partial charge in [0.05, 0.1) is 11.7 Å². The normalized spacial score (nSPS) is 30.6. The topological polar surface area (TPSA) is 43.8 Å². The first kappa shape index (κ1) is 13.2. The Morgan fingerprint density at radius 2 is 2.00 bits per heavy atom. The van der Waals surface area contributed by atoms with Gasteiger partial charge in [-0.15, -0.1) is 0 Å². The van der Waals surface area contributed by atoms with Crippen LogP contribution in [0.4, 0.5) is 0 Å². The van der Waals surface area contributed by atoms with E-state index in [4.69, 9.17) is 10.8 Å². The smallest absolute Gasteiger partial charge is 0.0640 e. The highest BCUT2D eigenvalue weighted by Crippen LogP contribution is 2.58. The van der Waals surface area contributed by atoms with Crippen LogP contribution in [-0.2, 0) is 6.42 Å². The van der Waals surface area contributed by atoms with Gasteiger partial charge in [-0.3, -0.25) is 4.68 Å². The van der Waals surface area contributed by atoms with Gasteiger partial charge in [-0.05, 0) is 49.5 Å². The summed E-state index contributed by atoms with van der Waals surface area (Å²) >= 11 is 0. The van der Waals surface area contributed by atoms with Gasteiger partial charge in [-0.1, -0.05) is 20.3 Å². The predicted octanol–water partition coefficient (Wildman–Crippen LogP) is 3.16. The minimum Gasteiger partial charge on any atom is -0.327 e. The van der Waals surface area contributed by atoms with Crippen LogP contribution in [0.3, 0.4) is 0 Å². The number of hydrogen-bond acceptors (Lipinski definition) is 2. The molecule has 0 amide bonds. The van der Waals surface area contributed by atoms with Gasteiger partial charge in [0.25, 0.3) is 0 Å². The molecule has 1 heterocycles. The molecule has 1 aromatic rings. The number of nitrogens with two attached hydrogens (primary N) is 1. The molecule has 2 aliphatic carbocycles. The van der Waals surface area contributed by atoms with E-state index >= 15 is 0 Å². The lowest BCUT2D eigenvalue weighted by Gasteiger charge is -2.14. The zero-order valence-electron chi connectivity index (χ0n) is 12.3. The number of aromatic nitrogens is 2. The van der Waals surface area contributed by atoms with E-state index in [1.165, 1.54) is 25.0 Å². The highest BCUT2D eigenvalue weighted by atomic mass is 15.3. The summed E-state index contributed by atoms with van der Waals surface area (Å²) in [5, 5.41) is 4.73.